The third-order valence-electron chi connectivity index (χ3n) is 4.93. The number of piperidine rings is 1. The first kappa shape index (κ1) is 22.7. The summed E-state index contributed by atoms with van der Waals surface area (Å²) in [7, 11) is 0. The van der Waals surface area contributed by atoms with Crippen molar-refractivity contribution in [2.24, 2.45) is 5.92 Å². The van der Waals surface area contributed by atoms with Gasteiger partial charge >= 0.3 is 0 Å². The number of likely N-dealkylation sites (tertiary alicyclic amines) is 1. The van der Waals surface area contributed by atoms with Crippen LogP contribution in [0.15, 0.2) is 23.6 Å². The average Bonchev–Trinajstić information content (AvgIpc) is 3.35. The van der Waals surface area contributed by atoms with Crippen molar-refractivity contribution in [2.45, 2.75) is 19.8 Å². The highest BCUT2D eigenvalue weighted by Crippen LogP contribution is 2.36. The van der Waals surface area contributed by atoms with Gasteiger partial charge in [-0.15, -0.1) is 36.2 Å². The summed E-state index contributed by atoms with van der Waals surface area (Å²) in [6.45, 7) is 6.05. The zero-order chi connectivity index (χ0) is 17.9. The molecule has 154 valence electrons. The van der Waals surface area contributed by atoms with E-state index in [9.17, 15) is 4.79 Å². The molecule has 2 aliphatic rings. The zero-order valence-corrected chi connectivity index (χ0v) is 18.1. The molecular weight excluding hydrogens is 421 g/mol. The Bertz CT molecular complexity index is 794. The number of nitrogens with zero attached hydrogens (tertiary/aromatic N) is 2. The lowest BCUT2D eigenvalue weighted by Gasteiger charge is -2.31. The number of nitrogens with one attached hydrogen (secondary N) is 1. The fourth-order valence-corrected chi connectivity index (χ4v) is 4.18. The Hall–Kier alpha value is -1.54. The van der Waals surface area contributed by atoms with Crippen LogP contribution in [-0.4, -0.2) is 48.8 Å². The summed E-state index contributed by atoms with van der Waals surface area (Å²) in [4.78, 5) is 19.3. The van der Waals surface area contributed by atoms with Crippen LogP contribution >= 0.6 is 36.2 Å². The molecule has 0 saturated carbocycles. The Morgan fingerprint density at radius 1 is 1.25 bits per heavy atom. The monoisotopic (exact) mass is 445 g/mol. The molecule has 1 aromatic carbocycles. The molecular formula is C19H25Cl2N3O3S. The summed E-state index contributed by atoms with van der Waals surface area (Å²) < 4.78 is 10.8. The third-order valence-corrected chi connectivity index (χ3v) is 5.82. The lowest BCUT2D eigenvalue weighted by Crippen LogP contribution is -2.40. The molecule has 1 amide bonds. The van der Waals surface area contributed by atoms with Crippen molar-refractivity contribution < 1.29 is 14.3 Å². The van der Waals surface area contributed by atoms with E-state index < -0.39 is 0 Å². The van der Waals surface area contributed by atoms with Crippen LogP contribution in [0.25, 0.3) is 10.6 Å². The molecule has 2 aromatic rings. The number of fused-ring (bicyclic) bond motifs is 1. The molecule has 0 atom stereocenters. The van der Waals surface area contributed by atoms with E-state index in [1.807, 2.05) is 28.5 Å². The van der Waals surface area contributed by atoms with Gasteiger partial charge in [-0.1, -0.05) is 6.92 Å². The number of carbonyl (C=O) groups is 1. The van der Waals surface area contributed by atoms with Gasteiger partial charge < -0.3 is 19.7 Å². The van der Waals surface area contributed by atoms with Crippen LogP contribution in [-0.2, 0) is 0 Å². The van der Waals surface area contributed by atoms with E-state index in [4.69, 9.17) is 9.47 Å². The number of hydrogen-bond donors (Lipinski definition) is 1. The van der Waals surface area contributed by atoms with Gasteiger partial charge in [-0.05, 0) is 50.0 Å². The van der Waals surface area contributed by atoms with Gasteiger partial charge in [-0.3, -0.25) is 4.79 Å². The molecule has 6 nitrogen and oxygen atoms in total. The summed E-state index contributed by atoms with van der Waals surface area (Å²) in [6.07, 6.45) is 2.11. The summed E-state index contributed by atoms with van der Waals surface area (Å²) >= 11 is 1.49. The zero-order valence-electron chi connectivity index (χ0n) is 15.7. The van der Waals surface area contributed by atoms with Gasteiger partial charge in [0.2, 0.25) is 6.79 Å². The number of benzene rings is 1. The van der Waals surface area contributed by atoms with E-state index in [1.165, 1.54) is 11.3 Å². The summed E-state index contributed by atoms with van der Waals surface area (Å²) in [6, 6.07) is 5.75. The van der Waals surface area contributed by atoms with Gasteiger partial charge in [0.25, 0.3) is 5.91 Å². The molecule has 0 aliphatic carbocycles. The maximum Gasteiger partial charge on any atom is 0.273 e. The highest BCUT2D eigenvalue weighted by Gasteiger charge is 2.25. The van der Waals surface area contributed by atoms with Crippen molar-refractivity contribution in [1.29, 1.82) is 0 Å². The molecule has 28 heavy (non-hydrogen) atoms. The van der Waals surface area contributed by atoms with Gasteiger partial charge in [-0.25, -0.2) is 4.98 Å². The van der Waals surface area contributed by atoms with Gasteiger partial charge in [0.05, 0.1) is 0 Å². The van der Waals surface area contributed by atoms with Gasteiger partial charge in [-0.2, -0.15) is 0 Å². The Morgan fingerprint density at radius 3 is 2.75 bits per heavy atom. The van der Waals surface area contributed by atoms with E-state index in [-0.39, 0.29) is 37.5 Å². The van der Waals surface area contributed by atoms with E-state index in [0.29, 0.717) is 11.6 Å². The van der Waals surface area contributed by atoms with E-state index in [0.717, 1.165) is 61.1 Å². The number of ether oxygens (including phenoxy) is 2. The minimum Gasteiger partial charge on any atom is -0.454 e. The average molecular weight is 446 g/mol. The molecule has 0 radical (unpaired) electrons. The molecule has 1 saturated heterocycles. The molecule has 4 rings (SSSR count). The number of rotatable bonds is 5. The number of amides is 1. The van der Waals surface area contributed by atoms with E-state index >= 15 is 0 Å². The molecule has 2 aliphatic heterocycles. The Kier molecular flexibility index (Phi) is 8.37. The first-order chi connectivity index (χ1) is 12.7. The van der Waals surface area contributed by atoms with Crippen LogP contribution in [0.2, 0.25) is 0 Å². The number of thiazole rings is 1. The molecule has 9 heteroatoms. The van der Waals surface area contributed by atoms with Crippen molar-refractivity contribution in [1.82, 2.24) is 15.2 Å². The standard InChI is InChI=1S/C19H23N3O3S.2ClH/c1-2-20-10-13-5-7-22(8-6-13)19(23)15-11-26-18(21-15)14-3-4-16-17(9-14)25-12-24-16;;/h3-4,9,11,13,20H,2,5-8,10,12H2,1H3;2*1H. The van der Waals surface area contributed by atoms with Gasteiger partial charge in [0.15, 0.2) is 11.5 Å². The fraction of sp³-hybridized carbons (Fsp3) is 0.474. The second-order valence-electron chi connectivity index (χ2n) is 6.65. The largest absolute Gasteiger partial charge is 0.454 e. The van der Waals surface area contributed by atoms with Crippen LogP contribution in [0.5, 0.6) is 11.5 Å². The number of hydrogen-bond acceptors (Lipinski definition) is 6. The Morgan fingerprint density at radius 2 is 2.00 bits per heavy atom. The highest BCUT2D eigenvalue weighted by molar-refractivity contribution is 7.13. The fourth-order valence-electron chi connectivity index (χ4n) is 3.38. The first-order valence-corrected chi connectivity index (χ1v) is 9.98. The summed E-state index contributed by atoms with van der Waals surface area (Å²) in [5.74, 6) is 2.18. The smallest absolute Gasteiger partial charge is 0.273 e. The van der Waals surface area contributed by atoms with Crippen molar-refractivity contribution in [2.75, 3.05) is 33.0 Å². The Balaban J connectivity index is 0.00000140. The van der Waals surface area contributed by atoms with Crippen molar-refractivity contribution in [3.63, 3.8) is 0 Å². The molecule has 0 unspecified atom stereocenters. The van der Waals surface area contributed by atoms with Crippen LogP contribution in [0.1, 0.15) is 30.3 Å². The highest BCUT2D eigenvalue weighted by atomic mass is 35.5. The number of carbonyl (C=O) groups excluding carboxylic acids is 1. The minimum atomic E-state index is 0. The first-order valence-electron chi connectivity index (χ1n) is 9.10. The molecule has 0 bridgehead atoms. The predicted molar refractivity (Wildman–Crippen MR) is 115 cm³/mol. The van der Waals surface area contributed by atoms with Gasteiger partial charge in [0, 0.05) is 24.0 Å². The molecule has 1 N–H and O–H groups in total. The van der Waals surface area contributed by atoms with Crippen LogP contribution in [0, 0.1) is 5.92 Å². The van der Waals surface area contributed by atoms with Crippen LogP contribution in [0.4, 0.5) is 0 Å². The summed E-state index contributed by atoms with van der Waals surface area (Å²) in [5.41, 5.74) is 1.48. The molecule has 0 spiro atoms. The second kappa shape index (κ2) is 10.3. The SMILES string of the molecule is CCNCC1CCN(C(=O)c2csc(-c3ccc4c(c3)OCO4)n2)CC1.Cl.Cl. The number of halogens is 2. The maximum absolute atomic E-state index is 12.8. The number of aromatic nitrogens is 1. The molecule has 1 fully saturated rings. The lowest BCUT2D eigenvalue weighted by atomic mass is 9.96. The molecule has 1 aromatic heterocycles. The van der Waals surface area contributed by atoms with Gasteiger partial charge in [0.1, 0.15) is 10.7 Å². The maximum atomic E-state index is 12.8. The summed E-state index contributed by atoms with van der Waals surface area (Å²) in [5, 5.41) is 6.08. The molecule has 3 heterocycles. The topological polar surface area (TPSA) is 63.7 Å². The van der Waals surface area contributed by atoms with E-state index in [2.05, 4.69) is 17.2 Å². The van der Waals surface area contributed by atoms with E-state index in [1.54, 1.807) is 0 Å². The van der Waals surface area contributed by atoms with Crippen LogP contribution in [0.3, 0.4) is 0 Å². The lowest BCUT2D eigenvalue weighted by molar-refractivity contribution is 0.0685. The Labute approximate surface area is 181 Å². The second-order valence-corrected chi connectivity index (χ2v) is 7.51. The van der Waals surface area contributed by atoms with Crippen molar-refractivity contribution in [3.8, 4) is 22.1 Å². The minimum absolute atomic E-state index is 0. The third kappa shape index (κ3) is 4.89. The quantitative estimate of drug-likeness (QED) is 0.756. The van der Waals surface area contributed by atoms with Crippen molar-refractivity contribution >= 4 is 42.1 Å². The predicted octanol–water partition coefficient (Wildman–Crippen LogP) is 3.84. The van der Waals surface area contributed by atoms with Crippen LogP contribution < -0.4 is 14.8 Å². The van der Waals surface area contributed by atoms with Crippen molar-refractivity contribution in [3.05, 3.63) is 29.3 Å². The normalized spacial score (nSPS) is 15.7.